The summed E-state index contributed by atoms with van der Waals surface area (Å²) in [5.74, 6) is 0. The zero-order valence-corrected chi connectivity index (χ0v) is 17.1. The second kappa shape index (κ2) is 9.20. The number of hydrogen-bond acceptors (Lipinski definition) is 4. The van der Waals surface area contributed by atoms with Crippen LogP contribution in [-0.4, -0.2) is 29.0 Å². The fourth-order valence-corrected chi connectivity index (χ4v) is 4.36. The lowest BCUT2D eigenvalue weighted by atomic mass is 10.1. The van der Waals surface area contributed by atoms with E-state index < -0.39 is 11.7 Å². The number of hydrogen-bond donors (Lipinski definition) is 1. The first kappa shape index (κ1) is 20.9. The quantitative estimate of drug-likeness (QED) is 0.514. The third-order valence-electron chi connectivity index (χ3n) is 5.10. The van der Waals surface area contributed by atoms with E-state index in [1.54, 1.807) is 12.3 Å². The van der Waals surface area contributed by atoms with Gasteiger partial charge in [0.05, 0.1) is 11.3 Å². The molecule has 0 bridgehead atoms. The van der Waals surface area contributed by atoms with Crippen molar-refractivity contribution in [3.05, 3.63) is 84.1 Å². The Labute approximate surface area is 178 Å². The molecule has 1 aromatic heterocycles. The number of rotatable bonds is 6. The molecule has 3 aromatic rings. The normalized spacial score (nSPS) is 17.4. The van der Waals surface area contributed by atoms with Gasteiger partial charge in [-0.15, -0.1) is 0 Å². The Balaban J connectivity index is 1.28. The molecule has 156 valence electrons. The minimum absolute atomic E-state index is 0.248. The molecule has 3 nitrogen and oxygen atoms in total. The number of nitrogens with zero attached hydrogens (tertiary/aromatic N) is 2. The smallest absolute Gasteiger partial charge is 0.297 e. The van der Waals surface area contributed by atoms with E-state index in [0.29, 0.717) is 4.90 Å². The van der Waals surface area contributed by atoms with Crippen molar-refractivity contribution in [1.29, 1.82) is 0 Å². The zero-order chi connectivity index (χ0) is 21.0. The Bertz CT molecular complexity index is 961. The highest BCUT2D eigenvalue weighted by molar-refractivity contribution is 7.97. The van der Waals surface area contributed by atoms with Crippen molar-refractivity contribution in [2.75, 3.05) is 13.1 Å². The standard InChI is InChI=1S/C23H22F3N3S/c24-23(25,26)19-4-3-5-21(14-19)30-28-20-11-13-29(16-20)15-17-7-9-18(10-8-17)22-6-1-2-12-27-22/h1-10,12,14,20,28H,11,13,15-16H2. The predicted molar refractivity (Wildman–Crippen MR) is 114 cm³/mol. The van der Waals surface area contributed by atoms with Gasteiger partial charge in [0.2, 0.25) is 0 Å². The number of halogens is 3. The van der Waals surface area contributed by atoms with Crippen molar-refractivity contribution in [3.63, 3.8) is 0 Å². The van der Waals surface area contributed by atoms with Crippen molar-refractivity contribution in [2.45, 2.75) is 30.1 Å². The summed E-state index contributed by atoms with van der Waals surface area (Å²) in [7, 11) is 0. The molecular weight excluding hydrogens is 407 g/mol. The SMILES string of the molecule is FC(F)(F)c1cccc(SNC2CCN(Cc3ccc(-c4ccccn4)cc3)C2)c1. The predicted octanol–water partition coefficient (Wildman–Crippen LogP) is 5.64. The molecule has 1 saturated heterocycles. The molecule has 0 aliphatic carbocycles. The fraction of sp³-hybridized carbons (Fsp3) is 0.261. The molecule has 2 aromatic carbocycles. The highest BCUT2D eigenvalue weighted by atomic mass is 32.2. The highest BCUT2D eigenvalue weighted by Gasteiger charge is 2.30. The first-order valence-corrected chi connectivity index (χ1v) is 10.6. The van der Waals surface area contributed by atoms with Crippen LogP contribution in [-0.2, 0) is 12.7 Å². The molecule has 1 atom stereocenters. The highest BCUT2D eigenvalue weighted by Crippen LogP contribution is 2.31. The van der Waals surface area contributed by atoms with Crippen molar-refractivity contribution < 1.29 is 13.2 Å². The Hall–Kier alpha value is -2.35. The molecule has 0 spiro atoms. The minimum Gasteiger partial charge on any atom is -0.297 e. The number of alkyl halides is 3. The average molecular weight is 430 g/mol. The van der Waals surface area contributed by atoms with Crippen molar-refractivity contribution in [1.82, 2.24) is 14.6 Å². The molecule has 30 heavy (non-hydrogen) atoms. The summed E-state index contributed by atoms with van der Waals surface area (Å²) >= 11 is 1.27. The van der Waals surface area contributed by atoms with Crippen LogP contribution in [0.25, 0.3) is 11.3 Å². The first-order chi connectivity index (χ1) is 14.5. The molecule has 2 heterocycles. The number of pyridine rings is 1. The van der Waals surface area contributed by atoms with Crippen LogP contribution in [0.1, 0.15) is 17.5 Å². The minimum atomic E-state index is -4.31. The zero-order valence-electron chi connectivity index (χ0n) is 16.3. The van der Waals surface area contributed by atoms with Gasteiger partial charge in [0.1, 0.15) is 0 Å². The van der Waals surface area contributed by atoms with Crippen LogP contribution in [0.5, 0.6) is 0 Å². The first-order valence-electron chi connectivity index (χ1n) is 9.80. The van der Waals surface area contributed by atoms with Gasteiger partial charge in [0.15, 0.2) is 0 Å². The lowest BCUT2D eigenvalue weighted by Gasteiger charge is -2.17. The van der Waals surface area contributed by atoms with Gasteiger partial charge in [0.25, 0.3) is 0 Å². The van der Waals surface area contributed by atoms with Crippen LogP contribution in [0.3, 0.4) is 0 Å². The van der Waals surface area contributed by atoms with Crippen LogP contribution >= 0.6 is 11.9 Å². The van der Waals surface area contributed by atoms with E-state index in [9.17, 15) is 13.2 Å². The maximum atomic E-state index is 12.8. The van der Waals surface area contributed by atoms with Crippen LogP contribution in [0.2, 0.25) is 0 Å². The summed E-state index contributed by atoms with van der Waals surface area (Å²) in [6.45, 7) is 2.69. The molecule has 7 heteroatoms. The third-order valence-corrected chi connectivity index (χ3v) is 6.04. The second-order valence-corrected chi connectivity index (χ2v) is 8.29. The number of aromatic nitrogens is 1. The Morgan fingerprint density at radius 3 is 2.60 bits per heavy atom. The van der Waals surface area contributed by atoms with Crippen LogP contribution in [0.15, 0.2) is 77.8 Å². The fourth-order valence-electron chi connectivity index (χ4n) is 3.53. The number of benzene rings is 2. The number of nitrogens with one attached hydrogen (secondary N) is 1. The van der Waals surface area contributed by atoms with E-state index in [1.807, 2.05) is 18.2 Å². The molecule has 0 amide bonds. The van der Waals surface area contributed by atoms with Gasteiger partial charge in [0, 0.05) is 42.3 Å². The van der Waals surface area contributed by atoms with Crippen LogP contribution in [0.4, 0.5) is 13.2 Å². The van der Waals surface area contributed by atoms with Crippen molar-refractivity contribution in [3.8, 4) is 11.3 Å². The molecule has 4 rings (SSSR count). The van der Waals surface area contributed by atoms with Gasteiger partial charge >= 0.3 is 6.18 Å². The Morgan fingerprint density at radius 2 is 1.87 bits per heavy atom. The number of likely N-dealkylation sites (tertiary alicyclic amines) is 1. The average Bonchev–Trinajstić information content (AvgIpc) is 3.20. The topological polar surface area (TPSA) is 28.2 Å². The van der Waals surface area contributed by atoms with Gasteiger partial charge < -0.3 is 0 Å². The largest absolute Gasteiger partial charge is 0.416 e. The van der Waals surface area contributed by atoms with E-state index in [4.69, 9.17) is 0 Å². The molecule has 1 fully saturated rings. The van der Waals surface area contributed by atoms with Gasteiger partial charge in [-0.05, 0) is 54.3 Å². The molecule has 1 N–H and O–H groups in total. The van der Waals surface area contributed by atoms with E-state index in [1.165, 1.54) is 29.6 Å². The second-order valence-electron chi connectivity index (χ2n) is 7.38. The molecule has 1 aliphatic heterocycles. The van der Waals surface area contributed by atoms with Crippen LogP contribution < -0.4 is 4.72 Å². The lowest BCUT2D eigenvalue weighted by molar-refractivity contribution is -0.137. The Morgan fingerprint density at radius 1 is 1.03 bits per heavy atom. The van der Waals surface area contributed by atoms with Gasteiger partial charge in [-0.3, -0.25) is 14.6 Å². The Kier molecular flexibility index (Phi) is 6.41. The van der Waals surface area contributed by atoms with E-state index in [2.05, 4.69) is 38.9 Å². The summed E-state index contributed by atoms with van der Waals surface area (Å²) < 4.78 is 41.9. The molecule has 1 aliphatic rings. The summed E-state index contributed by atoms with van der Waals surface area (Å²) in [5, 5.41) is 0. The molecule has 0 saturated carbocycles. The summed E-state index contributed by atoms with van der Waals surface area (Å²) in [5.41, 5.74) is 2.68. The third kappa shape index (κ3) is 5.41. The van der Waals surface area contributed by atoms with Crippen molar-refractivity contribution >= 4 is 11.9 Å². The van der Waals surface area contributed by atoms with E-state index in [0.717, 1.165) is 43.4 Å². The maximum Gasteiger partial charge on any atom is 0.416 e. The monoisotopic (exact) mass is 429 g/mol. The van der Waals surface area contributed by atoms with Gasteiger partial charge in [-0.1, -0.05) is 36.4 Å². The lowest BCUT2D eigenvalue weighted by Crippen LogP contribution is -2.28. The molecular formula is C23H22F3N3S. The van der Waals surface area contributed by atoms with E-state index in [-0.39, 0.29) is 6.04 Å². The van der Waals surface area contributed by atoms with E-state index >= 15 is 0 Å². The van der Waals surface area contributed by atoms with Crippen LogP contribution in [0, 0.1) is 0 Å². The van der Waals surface area contributed by atoms with Gasteiger partial charge in [-0.2, -0.15) is 13.2 Å². The van der Waals surface area contributed by atoms with Crippen molar-refractivity contribution in [2.24, 2.45) is 0 Å². The summed E-state index contributed by atoms with van der Waals surface area (Å²) in [4.78, 5) is 7.31. The maximum absolute atomic E-state index is 12.8. The molecule has 1 unspecified atom stereocenters. The summed E-state index contributed by atoms with van der Waals surface area (Å²) in [6, 6.07) is 20.0. The summed E-state index contributed by atoms with van der Waals surface area (Å²) in [6.07, 6.45) is -1.55. The molecule has 0 radical (unpaired) electrons. The van der Waals surface area contributed by atoms with Gasteiger partial charge in [-0.25, -0.2) is 0 Å².